The predicted octanol–water partition coefficient (Wildman–Crippen LogP) is 5.20. The lowest BCUT2D eigenvalue weighted by Gasteiger charge is -2.33. The maximum atomic E-state index is 12.8. The van der Waals surface area contributed by atoms with Crippen molar-refractivity contribution in [1.82, 2.24) is 5.32 Å². The molecule has 1 N–H and O–H groups in total. The summed E-state index contributed by atoms with van der Waals surface area (Å²) >= 11 is 0. The van der Waals surface area contributed by atoms with Gasteiger partial charge in [0, 0.05) is 18.8 Å². The zero-order valence-electron chi connectivity index (χ0n) is 17.4. The second-order valence-electron chi connectivity index (χ2n) is 8.14. The van der Waals surface area contributed by atoms with Crippen LogP contribution in [-0.4, -0.2) is 25.1 Å². The molecule has 0 unspecified atom stereocenters. The van der Waals surface area contributed by atoms with E-state index in [0.29, 0.717) is 11.3 Å². The Kier molecular flexibility index (Phi) is 6.61. The fourth-order valence-corrected chi connectivity index (χ4v) is 3.77. The van der Waals surface area contributed by atoms with Gasteiger partial charge in [-0.15, -0.1) is 0 Å². The molecule has 0 saturated carbocycles. The van der Waals surface area contributed by atoms with E-state index in [1.165, 1.54) is 18.5 Å². The molecule has 4 heteroatoms. The third-order valence-electron chi connectivity index (χ3n) is 5.26. The summed E-state index contributed by atoms with van der Waals surface area (Å²) < 4.78 is 5.78. The molecule has 0 spiro atoms. The SMILES string of the molecule is CC(C)Oc1ccccc1C(=O)N[C@@H](C)c1ccc(N2CCC[C@@H](C)C2)cc1. The number of anilines is 1. The molecule has 0 aliphatic carbocycles. The summed E-state index contributed by atoms with van der Waals surface area (Å²) in [4.78, 5) is 15.2. The van der Waals surface area contributed by atoms with Crippen molar-refractivity contribution in [3.05, 3.63) is 59.7 Å². The van der Waals surface area contributed by atoms with E-state index in [1.54, 1.807) is 6.07 Å². The summed E-state index contributed by atoms with van der Waals surface area (Å²) in [6.07, 6.45) is 2.60. The minimum Gasteiger partial charge on any atom is -0.490 e. The molecule has 2 aromatic carbocycles. The van der Waals surface area contributed by atoms with Crippen LogP contribution in [0.15, 0.2) is 48.5 Å². The van der Waals surface area contributed by atoms with E-state index in [2.05, 4.69) is 41.4 Å². The number of para-hydroxylation sites is 1. The summed E-state index contributed by atoms with van der Waals surface area (Å²) in [5.41, 5.74) is 2.94. The number of carbonyl (C=O) groups is 1. The Hall–Kier alpha value is -2.49. The average Bonchev–Trinajstić information content (AvgIpc) is 2.68. The van der Waals surface area contributed by atoms with E-state index in [1.807, 2.05) is 39.0 Å². The monoisotopic (exact) mass is 380 g/mol. The van der Waals surface area contributed by atoms with Crippen molar-refractivity contribution >= 4 is 11.6 Å². The van der Waals surface area contributed by atoms with Gasteiger partial charge >= 0.3 is 0 Å². The Morgan fingerprint density at radius 3 is 2.50 bits per heavy atom. The number of benzene rings is 2. The van der Waals surface area contributed by atoms with Crippen molar-refractivity contribution < 1.29 is 9.53 Å². The topological polar surface area (TPSA) is 41.6 Å². The highest BCUT2D eigenvalue weighted by atomic mass is 16.5. The maximum Gasteiger partial charge on any atom is 0.255 e. The molecule has 3 rings (SSSR count). The van der Waals surface area contributed by atoms with E-state index in [0.717, 1.165) is 24.6 Å². The van der Waals surface area contributed by atoms with Crippen molar-refractivity contribution in [1.29, 1.82) is 0 Å². The molecular formula is C24H32N2O2. The number of carbonyl (C=O) groups excluding carboxylic acids is 1. The van der Waals surface area contributed by atoms with Crippen molar-refractivity contribution in [2.75, 3.05) is 18.0 Å². The number of nitrogens with one attached hydrogen (secondary N) is 1. The van der Waals surface area contributed by atoms with Gasteiger partial charge in [-0.2, -0.15) is 0 Å². The predicted molar refractivity (Wildman–Crippen MR) is 115 cm³/mol. The van der Waals surface area contributed by atoms with Crippen molar-refractivity contribution in [2.24, 2.45) is 5.92 Å². The van der Waals surface area contributed by atoms with Gasteiger partial charge in [0.2, 0.25) is 0 Å². The van der Waals surface area contributed by atoms with Crippen LogP contribution in [0.3, 0.4) is 0 Å². The fraction of sp³-hybridized carbons (Fsp3) is 0.458. The fourth-order valence-electron chi connectivity index (χ4n) is 3.77. The molecule has 1 saturated heterocycles. The number of ether oxygens (including phenoxy) is 1. The van der Waals surface area contributed by atoms with Gasteiger partial charge in [0.25, 0.3) is 5.91 Å². The van der Waals surface area contributed by atoms with Crippen LogP contribution in [0.4, 0.5) is 5.69 Å². The molecule has 4 nitrogen and oxygen atoms in total. The maximum absolute atomic E-state index is 12.8. The number of hydrogen-bond acceptors (Lipinski definition) is 3. The van der Waals surface area contributed by atoms with Crippen LogP contribution >= 0.6 is 0 Å². The lowest BCUT2D eigenvalue weighted by molar-refractivity contribution is 0.0934. The van der Waals surface area contributed by atoms with Gasteiger partial charge in [0.1, 0.15) is 5.75 Å². The third-order valence-corrected chi connectivity index (χ3v) is 5.26. The van der Waals surface area contributed by atoms with Crippen LogP contribution < -0.4 is 15.0 Å². The second-order valence-corrected chi connectivity index (χ2v) is 8.14. The van der Waals surface area contributed by atoms with E-state index in [9.17, 15) is 4.79 Å². The first-order chi connectivity index (χ1) is 13.4. The Morgan fingerprint density at radius 1 is 1.11 bits per heavy atom. The molecule has 0 radical (unpaired) electrons. The lowest BCUT2D eigenvalue weighted by Crippen LogP contribution is -2.34. The van der Waals surface area contributed by atoms with Crippen LogP contribution in [0.25, 0.3) is 0 Å². The van der Waals surface area contributed by atoms with Crippen LogP contribution in [-0.2, 0) is 0 Å². The Labute approximate surface area is 168 Å². The largest absolute Gasteiger partial charge is 0.490 e. The normalized spacial score (nSPS) is 18.0. The molecule has 1 fully saturated rings. The van der Waals surface area contributed by atoms with Crippen LogP contribution in [0.2, 0.25) is 0 Å². The molecule has 1 amide bonds. The van der Waals surface area contributed by atoms with Gasteiger partial charge in [0.05, 0.1) is 17.7 Å². The molecule has 28 heavy (non-hydrogen) atoms. The minimum atomic E-state index is -0.113. The second kappa shape index (κ2) is 9.13. The van der Waals surface area contributed by atoms with Crippen LogP contribution in [0, 0.1) is 5.92 Å². The standard InChI is InChI=1S/C24H32N2O2/c1-17(2)28-23-10-6-5-9-22(23)24(27)25-19(4)20-11-13-21(14-12-20)26-15-7-8-18(3)16-26/h5-6,9-14,17-19H,7-8,15-16H2,1-4H3,(H,25,27)/t18-,19+/m1/s1. The molecule has 0 bridgehead atoms. The molecule has 1 heterocycles. The summed E-state index contributed by atoms with van der Waals surface area (Å²) in [6, 6.07) is 15.9. The summed E-state index contributed by atoms with van der Waals surface area (Å²) in [5.74, 6) is 1.26. The van der Waals surface area contributed by atoms with E-state index in [4.69, 9.17) is 4.74 Å². The first kappa shape index (κ1) is 20.2. The number of rotatable bonds is 6. The Balaban J connectivity index is 1.66. The van der Waals surface area contributed by atoms with Crippen molar-refractivity contribution in [3.8, 4) is 5.75 Å². The van der Waals surface area contributed by atoms with Gasteiger partial charge in [-0.3, -0.25) is 4.79 Å². The molecule has 2 aromatic rings. The first-order valence-corrected chi connectivity index (χ1v) is 10.4. The van der Waals surface area contributed by atoms with Crippen molar-refractivity contribution in [3.63, 3.8) is 0 Å². The number of hydrogen-bond donors (Lipinski definition) is 1. The molecule has 0 aromatic heterocycles. The number of amides is 1. The Bertz CT molecular complexity index is 785. The minimum absolute atomic E-state index is 0.0245. The highest BCUT2D eigenvalue weighted by Crippen LogP contribution is 2.25. The molecule has 1 aliphatic rings. The van der Waals surface area contributed by atoms with Gasteiger partial charge in [-0.25, -0.2) is 0 Å². The quantitative estimate of drug-likeness (QED) is 0.749. The van der Waals surface area contributed by atoms with Gasteiger partial charge in [-0.05, 0) is 69.4 Å². The zero-order chi connectivity index (χ0) is 20.1. The number of nitrogens with zero attached hydrogens (tertiary/aromatic N) is 1. The van der Waals surface area contributed by atoms with E-state index < -0.39 is 0 Å². The third kappa shape index (κ3) is 5.06. The van der Waals surface area contributed by atoms with Gasteiger partial charge in [0.15, 0.2) is 0 Å². The van der Waals surface area contributed by atoms with Crippen LogP contribution in [0.1, 0.15) is 62.5 Å². The summed E-state index contributed by atoms with van der Waals surface area (Å²) in [7, 11) is 0. The van der Waals surface area contributed by atoms with Crippen LogP contribution in [0.5, 0.6) is 5.75 Å². The molecule has 150 valence electrons. The average molecular weight is 381 g/mol. The number of piperidine rings is 1. The smallest absolute Gasteiger partial charge is 0.255 e. The molecule has 2 atom stereocenters. The molecule has 1 aliphatic heterocycles. The van der Waals surface area contributed by atoms with Crippen molar-refractivity contribution in [2.45, 2.75) is 52.7 Å². The summed E-state index contributed by atoms with van der Waals surface area (Å²) in [6.45, 7) is 10.5. The highest BCUT2D eigenvalue weighted by Gasteiger charge is 2.18. The van der Waals surface area contributed by atoms with Gasteiger partial charge in [-0.1, -0.05) is 31.2 Å². The molecular weight excluding hydrogens is 348 g/mol. The van der Waals surface area contributed by atoms with Gasteiger partial charge < -0.3 is 15.0 Å². The summed E-state index contributed by atoms with van der Waals surface area (Å²) in [5, 5.41) is 3.10. The first-order valence-electron chi connectivity index (χ1n) is 10.4. The lowest BCUT2D eigenvalue weighted by atomic mass is 9.99. The Morgan fingerprint density at radius 2 is 1.82 bits per heavy atom. The van der Waals surface area contributed by atoms with E-state index >= 15 is 0 Å². The zero-order valence-corrected chi connectivity index (χ0v) is 17.4. The van der Waals surface area contributed by atoms with E-state index in [-0.39, 0.29) is 18.1 Å². The highest BCUT2D eigenvalue weighted by molar-refractivity contribution is 5.97.